The van der Waals surface area contributed by atoms with Gasteiger partial charge >= 0.3 is 12.1 Å². The van der Waals surface area contributed by atoms with Gasteiger partial charge in [0.15, 0.2) is 0 Å². The summed E-state index contributed by atoms with van der Waals surface area (Å²) >= 11 is 0. The zero-order valence-electron chi connectivity index (χ0n) is 14.1. The molecule has 0 spiro atoms. The van der Waals surface area contributed by atoms with E-state index in [1.54, 1.807) is 25.6 Å². The third kappa shape index (κ3) is 3.08. The third-order valence-electron chi connectivity index (χ3n) is 4.23. The van der Waals surface area contributed by atoms with Crippen molar-refractivity contribution in [3.63, 3.8) is 0 Å². The van der Waals surface area contributed by atoms with Crippen molar-refractivity contribution >= 4 is 11.8 Å². The predicted molar refractivity (Wildman–Crippen MR) is 85.2 cm³/mol. The summed E-state index contributed by atoms with van der Waals surface area (Å²) in [7, 11) is 1.70. The first-order valence-electron chi connectivity index (χ1n) is 7.87. The van der Waals surface area contributed by atoms with Crippen molar-refractivity contribution < 1.29 is 22.7 Å². The summed E-state index contributed by atoms with van der Waals surface area (Å²) in [5.41, 5.74) is 1.63. The Hall–Kier alpha value is -2.51. The molecule has 0 saturated carbocycles. The molecule has 0 bridgehead atoms. The van der Waals surface area contributed by atoms with Crippen LogP contribution >= 0.6 is 0 Å². The Morgan fingerprint density at radius 1 is 1.28 bits per heavy atom. The van der Waals surface area contributed by atoms with Gasteiger partial charge in [-0.1, -0.05) is 6.07 Å². The van der Waals surface area contributed by atoms with Crippen molar-refractivity contribution in [1.82, 2.24) is 9.78 Å². The van der Waals surface area contributed by atoms with E-state index in [1.807, 2.05) is 4.90 Å². The van der Waals surface area contributed by atoms with Crippen molar-refractivity contribution in [2.75, 3.05) is 11.5 Å². The quantitative estimate of drug-likeness (QED) is 0.793. The van der Waals surface area contributed by atoms with E-state index < -0.39 is 17.7 Å². The number of anilines is 1. The largest absolute Gasteiger partial charge is 0.462 e. The van der Waals surface area contributed by atoms with Crippen LogP contribution in [0.1, 0.15) is 39.7 Å². The number of carbonyl (C=O) groups is 1. The molecule has 0 N–H and O–H groups in total. The number of nitrogens with zero attached hydrogens (tertiary/aromatic N) is 3. The standard InChI is InChI=1S/C17H18F3N3O2/c1-4-25-16(24)14-10(2)21-22(3)15(14)23-8-11-5-6-13(17(18,19)20)7-12(11)9-23/h5-7H,4,8-9H2,1-3H3. The lowest BCUT2D eigenvalue weighted by Crippen LogP contribution is -2.21. The van der Waals surface area contributed by atoms with Crippen molar-refractivity contribution in [1.29, 1.82) is 0 Å². The summed E-state index contributed by atoms with van der Waals surface area (Å²) < 4.78 is 45.4. The van der Waals surface area contributed by atoms with E-state index >= 15 is 0 Å². The fraction of sp³-hybridized carbons (Fsp3) is 0.412. The third-order valence-corrected chi connectivity index (χ3v) is 4.23. The van der Waals surface area contributed by atoms with Gasteiger partial charge in [0.05, 0.1) is 17.9 Å². The van der Waals surface area contributed by atoms with E-state index in [0.717, 1.165) is 11.6 Å². The maximum Gasteiger partial charge on any atom is 0.416 e. The van der Waals surface area contributed by atoms with Crippen LogP contribution in [0.3, 0.4) is 0 Å². The molecule has 1 aromatic heterocycles. The second-order valence-corrected chi connectivity index (χ2v) is 5.97. The summed E-state index contributed by atoms with van der Waals surface area (Å²) in [5.74, 6) is 0.0794. The number of fused-ring (bicyclic) bond motifs is 1. The molecule has 0 saturated heterocycles. The monoisotopic (exact) mass is 353 g/mol. The van der Waals surface area contributed by atoms with Crippen LogP contribution in [-0.4, -0.2) is 22.4 Å². The van der Waals surface area contributed by atoms with E-state index in [0.29, 0.717) is 29.2 Å². The number of benzene rings is 1. The molecule has 0 atom stereocenters. The minimum Gasteiger partial charge on any atom is -0.462 e. The van der Waals surface area contributed by atoms with Crippen LogP contribution in [0.15, 0.2) is 18.2 Å². The highest BCUT2D eigenvalue weighted by Gasteiger charge is 2.34. The van der Waals surface area contributed by atoms with E-state index in [2.05, 4.69) is 5.10 Å². The number of hydrogen-bond acceptors (Lipinski definition) is 4. The molecule has 1 aromatic carbocycles. The van der Waals surface area contributed by atoms with Gasteiger partial charge < -0.3 is 9.64 Å². The molecule has 0 unspecified atom stereocenters. The minimum atomic E-state index is -4.37. The van der Waals surface area contributed by atoms with Gasteiger partial charge in [-0.25, -0.2) is 4.79 Å². The van der Waals surface area contributed by atoms with Crippen LogP contribution in [0.5, 0.6) is 0 Å². The Balaban J connectivity index is 1.96. The second-order valence-electron chi connectivity index (χ2n) is 5.97. The van der Waals surface area contributed by atoms with Gasteiger partial charge in [-0.3, -0.25) is 4.68 Å². The minimum absolute atomic E-state index is 0.238. The van der Waals surface area contributed by atoms with Crippen molar-refractivity contribution in [2.45, 2.75) is 33.1 Å². The lowest BCUT2D eigenvalue weighted by atomic mass is 10.1. The van der Waals surface area contributed by atoms with Crippen LogP contribution < -0.4 is 4.90 Å². The number of esters is 1. The second kappa shape index (κ2) is 6.09. The molecular formula is C17H18F3N3O2. The van der Waals surface area contributed by atoms with Gasteiger partial charge in [0.25, 0.3) is 0 Å². The smallest absolute Gasteiger partial charge is 0.416 e. The van der Waals surface area contributed by atoms with Crippen molar-refractivity contribution in [3.05, 3.63) is 46.1 Å². The molecule has 134 valence electrons. The highest BCUT2D eigenvalue weighted by Crippen LogP contribution is 2.36. The number of halogens is 3. The van der Waals surface area contributed by atoms with E-state index in [9.17, 15) is 18.0 Å². The highest BCUT2D eigenvalue weighted by molar-refractivity contribution is 5.96. The Bertz CT molecular complexity index is 827. The van der Waals surface area contributed by atoms with Gasteiger partial charge in [-0.05, 0) is 37.1 Å². The van der Waals surface area contributed by atoms with Gasteiger partial charge in [0.2, 0.25) is 0 Å². The number of carbonyl (C=O) groups excluding carboxylic acids is 1. The van der Waals surface area contributed by atoms with Crippen LogP contribution in [0.25, 0.3) is 0 Å². The molecule has 0 fully saturated rings. The number of hydrogen-bond donors (Lipinski definition) is 0. The molecule has 5 nitrogen and oxygen atoms in total. The molecule has 2 aromatic rings. The summed E-state index contributed by atoms with van der Waals surface area (Å²) in [6, 6.07) is 3.75. The Morgan fingerprint density at radius 2 is 1.96 bits per heavy atom. The van der Waals surface area contributed by atoms with Crippen LogP contribution in [0, 0.1) is 6.92 Å². The summed E-state index contributed by atoms with van der Waals surface area (Å²) in [6.07, 6.45) is -4.37. The van der Waals surface area contributed by atoms with Crippen LogP contribution in [0.2, 0.25) is 0 Å². The van der Waals surface area contributed by atoms with E-state index in [-0.39, 0.29) is 13.2 Å². The number of rotatable bonds is 3. The molecule has 0 aliphatic carbocycles. The molecule has 0 amide bonds. The molecule has 1 aliphatic rings. The lowest BCUT2D eigenvalue weighted by molar-refractivity contribution is -0.137. The average Bonchev–Trinajstić information content (AvgIpc) is 3.05. The van der Waals surface area contributed by atoms with Gasteiger partial charge in [0, 0.05) is 20.1 Å². The first kappa shape index (κ1) is 17.3. The summed E-state index contributed by atoms with van der Waals surface area (Å²) in [6.45, 7) is 4.36. The Morgan fingerprint density at radius 3 is 2.60 bits per heavy atom. The van der Waals surface area contributed by atoms with Gasteiger partial charge in [-0.2, -0.15) is 18.3 Å². The number of ether oxygens (including phenoxy) is 1. The van der Waals surface area contributed by atoms with E-state index in [4.69, 9.17) is 4.74 Å². The zero-order valence-corrected chi connectivity index (χ0v) is 14.1. The summed E-state index contributed by atoms with van der Waals surface area (Å²) in [4.78, 5) is 14.1. The Kier molecular flexibility index (Phi) is 4.22. The van der Waals surface area contributed by atoms with Crippen molar-refractivity contribution in [3.8, 4) is 0 Å². The SMILES string of the molecule is CCOC(=O)c1c(C)nn(C)c1N1Cc2ccc(C(F)(F)F)cc2C1. The normalized spacial score (nSPS) is 13.9. The zero-order chi connectivity index (χ0) is 18.4. The predicted octanol–water partition coefficient (Wildman–Crippen LogP) is 3.44. The molecule has 8 heteroatoms. The average molecular weight is 353 g/mol. The summed E-state index contributed by atoms with van der Waals surface area (Å²) in [5, 5.41) is 4.27. The molecule has 0 radical (unpaired) electrons. The first-order chi connectivity index (χ1) is 11.7. The fourth-order valence-electron chi connectivity index (χ4n) is 3.17. The van der Waals surface area contributed by atoms with E-state index in [1.165, 1.54) is 12.1 Å². The lowest BCUT2D eigenvalue weighted by Gasteiger charge is -2.19. The van der Waals surface area contributed by atoms with Crippen LogP contribution in [0.4, 0.5) is 19.0 Å². The Labute approximate surface area is 143 Å². The molecular weight excluding hydrogens is 335 g/mol. The van der Waals surface area contributed by atoms with Crippen molar-refractivity contribution in [2.24, 2.45) is 7.05 Å². The number of aromatic nitrogens is 2. The topological polar surface area (TPSA) is 47.4 Å². The molecule has 2 heterocycles. The maximum absolute atomic E-state index is 12.9. The highest BCUT2D eigenvalue weighted by atomic mass is 19.4. The fourth-order valence-corrected chi connectivity index (χ4v) is 3.17. The first-order valence-corrected chi connectivity index (χ1v) is 7.87. The van der Waals surface area contributed by atoms with Gasteiger partial charge in [0.1, 0.15) is 11.4 Å². The van der Waals surface area contributed by atoms with Gasteiger partial charge in [-0.15, -0.1) is 0 Å². The number of alkyl halides is 3. The maximum atomic E-state index is 12.9. The molecule has 3 rings (SSSR count). The molecule has 1 aliphatic heterocycles. The molecule has 25 heavy (non-hydrogen) atoms. The van der Waals surface area contributed by atoms with Crippen LogP contribution in [-0.2, 0) is 31.1 Å². The number of aryl methyl sites for hydroxylation is 2.